The lowest BCUT2D eigenvalue weighted by Gasteiger charge is -2.15. The number of carboxylic acid groups (broad SMARTS) is 1. The third-order valence-corrected chi connectivity index (χ3v) is 6.30. The van der Waals surface area contributed by atoms with E-state index in [1.54, 1.807) is 19.2 Å². The van der Waals surface area contributed by atoms with Crippen LogP contribution in [0.1, 0.15) is 46.0 Å². The van der Waals surface area contributed by atoms with Crippen LogP contribution in [0.2, 0.25) is 0 Å². The van der Waals surface area contributed by atoms with Gasteiger partial charge in [0.25, 0.3) is 0 Å². The van der Waals surface area contributed by atoms with Crippen LogP contribution in [0.5, 0.6) is 0 Å². The molecule has 0 radical (unpaired) electrons. The molecule has 0 bridgehead atoms. The van der Waals surface area contributed by atoms with Gasteiger partial charge in [0.1, 0.15) is 5.76 Å². The number of aryl methyl sites for hydroxylation is 3. The van der Waals surface area contributed by atoms with Gasteiger partial charge in [-0.1, -0.05) is 23.4 Å². The lowest BCUT2D eigenvalue weighted by molar-refractivity contribution is 0.0696. The van der Waals surface area contributed by atoms with E-state index in [0.717, 1.165) is 56.0 Å². The second-order valence-electron chi connectivity index (χ2n) is 8.51. The number of rotatable bonds is 5. The van der Waals surface area contributed by atoms with E-state index in [1.807, 2.05) is 56.6 Å². The zero-order valence-corrected chi connectivity index (χ0v) is 19.4. The van der Waals surface area contributed by atoms with Crippen LogP contribution in [-0.4, -0.2) is 30.8 Å². The van der Waals surface area contributed by atoms with Crippen LogP contribution in [-0.2, 0) is 0 Å². The summed E-state index contributed by atoms with van der Waals surface area (Å²) in [5.41, 5.74) is 7.95. The number of aromatic nitrogens is 4. The smallest absolute Gasteiger partial charge is 0.335 e. The summed E-state index contributed by atoms with van der Waals surface area (Å²) in [6.07, 6.45) is 5.63. The summed E-state index contributed by atoms with van der Waals surface area (Å²) in [5, 5.41) is 13.7. The highest BCUT2D eigenvalue weighted by Gasteiger charge is 2.21. The molecule has 1 N–H and O–H groups in total. The Morgan fingerprint density at radius 1 is 1.06 bits per heavy atom. The Kier molecular flexibility index (Phi) is 5.24. The SMILES string of the molecule is Cc1ccc(-c2cn([C@@H](C)c3ccccn3)c3cc(-c4c(C)noc4C)cnc23)cc1C(=O)O. The van der Waals surface area contributed by atoms with E-state index in [9.17, 15) is 9.90 Å². The Balaban J connectivity index is 1.76. The van der Waals surface area contributed by atoms with Gasteiger partial charge in [-0.25, -0.2) is 4.79 Å². The van der Waals surface area contributed by atoms with Gasteiger partial charge >= 0.3 is 5.97 Å². The summed E-state index contributed by atoms with van der Waals surface area (Å²) >= 11 is 0. The third kappa shape index (κ3) is 3.55. The van der Waals surface area contributed by atoms with Crippen molar-refractivity contribution in [3.8, 4) is 22.3 Å². The van der Waals surface area contributed by atoms with Gasteiger partial charge in [-0.3, -0.25) is 9.97 Å². The number of nitrogens with zero attached hydrogens (tertiary/aromatic N) is 4. The van der Waals surface area contributed by atoms with E-state index in [2.05, 4.69) is 27.7 Å². The normalized spacial score (nSPS) is 12.2. The first-order valence-corrected chi connectivity index (χ1v) is 11.0. The fraction of sp³-hybridized carbons (Fsp3) is 0.185. The highest BCUT2D eigenvalue weighted by molar-refractivity contribution is 5.97. The number of aromatic carboxylic acids is 1. The molecule has 5 aromatic rings. The molecule has 5 rings (SSSR count). The molecule has 0 unspecified atom stereocenters. The molecule has 170 valence electrons. The van der Waals surface area contributed by atoms with Gasteiger partial charge in [0.2, 0.25) is 0 Å². The standard InChI is InChI=1S/C27H24N4O3/c1-15-8-9-19(11-21(15)27(32)33)22-14-31(17(3)23-7-5-6-10-28-23)24-12-20(13-29-26(22)24)25-16(2)30-34-18(25)4/h5-14,17H,1-4H3,(H,32,33)/t17-/m0/s1. The molecule has 0 saturated carbocycles. The molecule has 7 nitrogen and oxygen atoms in total. The molecule has 0 aliphatic heterocycles. The monoisotopic (exact) mass is 452 g/mol. The van der Waals surface area contributed by atoms with Gasteiger partial charge in [0.05, 0.1) is 34.0 Å². The second-order valence-corrected chi connectivity index (χ2v) is 8.51. The predicted molar refractivity (Wildman–Crippen MR) is 130 cm³/mol. The molecule has 0 saturated heterocycles. The van der Waals surface area contributed by atoms with E-state index in [0.29, 0.717) is 0 Å². The fourth-order valence-electron chi connectivity index (χ4n) is 4.48. The first-order chi connectivity index (χ1) is 16.3. The minimum absolute atomic E-state index is 0.0661. The summed E-state index contributed by atoms with van der Waals surface area (Å²) in [6, 6.07) is 13.4. The van der Waals surface area contributed by atoms with Crippen LogP contribution in [0.15, 0.2) is 65.6 Å². The van der Waals surface area contributed by atoms with Crippen molar-refractivity contribution >= 4 is 17.0 Å². The summed E-state index contributed by atoms with van der Waals surface area (Å²) in [6.45, 7) is 7.69. The maximum atomic E-state index is 11.8. The van der Waals surface area contributed by atoms with Gasteiger partial charge < -0.3 is 14.2 Å². The molecular formula is C27H24N4O3. The number of hydrogen-bond donors (Lipinski definition) is 1. The van der Waals surface area contributed by atoms with E-state index in [-0.39, 0.29) is 11.6 Å². The molecule has 0 aliphatic carbocycles. The van der Waals surface area contributed by atoms with Crippen LogP contribution in [0.25, 0.3) is 33.3 Å². The van der Waals surface area contributed by atoms with E-state index in [1.165, 1.54) is 0 Å². The molecule has 0 aliphatic rings. The van der Waals surface area contributed by atoms with E-state index >= 15 is 0 Å². The summed E-state index contributed by atoms with van der Waals surface area (Å²) in [4.78, 5) is 21.1. The largest absolute Gasteiger partial charge is 0.478 e. The Morgan fingerprint density at radius 2 is 1.88 bits per heavy atom. The second kappa shape index (κ2) is 8.26. The lowest BCUT2D eigenvalue weighted by atomic mass is 10.0. The topological polar surface area (TPSA) is 94.0 Å². The van der Waals surface area contributed by atoms with Crippen LogP contribution in [0.3, 0.4) is 0 Å². The molecule has 0 spiro atoms. The zero-order valence-electron chi connectivity index (χ0n) is 19.4. The van der Waals surface area contributed by atoms with Gasteiger partial charge in [-0.05, 0) is 63.1 Å². The van der Waals surface area contributed by atoms with E-state index in [4.69, 9.17) is 9.51 Å². The summed E-state index contributed by atoms with van der Waals surface area (Å²) in [5.74, 6) is -0.210. The number of benzene rings is 1. The Labute approximate surface area is 196 Å². The maximum Gasteiger partial charge on any atom is 0.335 e. The van der Waals surface area contributed by atoms with Crippen LogP contribution >= 0.6 is 0 Å². The number of hydrogen-bond acceptors (Lipinski definition) is 5. The van der Waals surface area contributed by atoms with Crippen molar-refractivity contribution in [3.05, 3.63) is 89.3 Å². The summed E-state index contributed by atoms with van der Waals surface area (Å²) < 4.78 is 7.52. The Bertz CT molecular complexity index is 1510. The first-order valence-electron chi connectivity index (χ1n) is 11.0. The van der Waals surface area contributed by atoms with Gasteiger partial charge in [-0.2, -0.15) is 0 Å². The molecule has 1 atom stereocenters. The van der Waals surface area contributed by atoms with Crippen molar-refractivity contribution in [3.63, 3.8) is 0 Å². The number of carboxylic acids is 1. The van der Waals surface area contributed by atoms with E-state index < -0.39 is 5.97 Å². The van der Waals surface area contributed by atoms with Crippen molar-refractivity contribution in [1.29, 1.82) is 0 Å². The van der Waals surface area contributed by atoms with Gasteiger partial charge in [-0.15, -0.1) is 0 Å². The molecular weight excluding hydrogens is 428 g/mol. The maximum absolute atomic E-state index is 11.8. The first kappa shape index (κ1) is 21.6. The predicted octanol–water partition coefficient (Wildman–Crippen LogP) is 5.99. The van der Waals surface area contributed by atoms with Gasteiger partial charge in [0, 0.05) is 35.3 Å². The van der Waals surface area contributed by atoms with Crippen LogP contribution in [0.4, 0.5) is 0 Å². The molecule has 7 heteroatoms. The number of pyridine rings is 2. The molecule has 34 heavy (non-hydrogen) atoms. The highest BCUT2D eigenvalue weighted by atomic mass is 16.5. The Hall–Kier alpha value is -4.26. The fourth-order valence-corrected chi connectivity index (χ4v) is 4.48. The minimum Gasteiger partial charge on any atom is -0.478 e. The highest BCUT2D eigenvalue weighted by Crippen LogP contribution is 2.36. The average Bonchev–Trinajstić information content (AvgIpc) is 3.38. The van der Waals surface area contributed by atoms with Crippen molar-refractivity contribution in [2.45, 2.75) is 33.7 Å². The van der Waals surface area contributed by atoms with Crippen molar-refractivity contribution < 1.29 is 14.4 Å². The van der Waals surface area contributed by atoms with Crippen molar-refractivity contribution in [1.82, 2.24) is 19.7 Å². The average molecular weight is 453 g/mol. The molecule has 4 heterocycles. The van der Waals surface area contributed by atoms with Crippen LogP contribution in [0, 0.1) is 20.8 Å². The quantitative estimate of drug-likeness (QED) is 0.352. The van der Waals surface area contributed by atoms with Crippen LogP contribution < -0.4 is 0 Å². The number of carbonyl (C=O) groups is 1. The lowest BCUT2D eigenvalue weighted by Crippen LogP contribution is -2.07. The summed E-state index contributed by atoms with van der Waals surface area (Å²) in [7, 11) is 0. The number of fused-ring (bicyclic) bond motifs is 1. The molecule has 4 aromatic heterocycles. The third-order valence-electron chi connectivity index (χ3n) is 6.30. The van der Waals surface area contributed by atoms with Crippen molar-refractivity contribution in [2.24, 2.45) is 0 Å². The minimum atomic E-state index is -0.946. The zero-order chi connectivity index (χ0) is 24.0. The Morgan fingerprint density at radius 3 is 2.56 bits per heavy atom. The molecule has 1 aromatic carbocycles. The molecule has 0 amide bonds. The molecule has 0 fully saturated rings. The van der Waals surface area contributed by atoms with Gasteiger partial charge in [0.15, 0.2) is 0 Å². The van der Waals surface area contributed by atoms with Crippen molar-refractivity contribution in [2.75, 3.05) is 0 Å².